The lowest BCUT2D eigenvalue weighted by Crippen LogP contribution is -2.42. The molecule has 0 saturated carbocycles. The summed E-state index contributed by atoms with van der Waals surface area (Å²) in [7, 11) is 1.96. The monoisotopic (exact) mass is 475 g/mol. The molecule has 1 aromatic rings. The summed E-state index contributed by atoms with van der Waals surface area (Å²) in [5.41, 5.74) is 0.112. The predicted octanol–water partition coefficient (Wildman–Crippen LogP) is 3.84. The van der Waals surface area contributed by atoms with Gasteiger partial charge in [-0.3, -0.25) is 9.59 Å². The van der Waals surface area contributed by atoms with Crippen molar-refractivity contribution in [2.75, 3.05) is 33.5 Å². The maximum atomic E-state index is 15.1. The van der Waals surface area contributed by atoms with Crippen molar-refractivity contribution >= 4 is 17.5 Å². The van der Waals surface area contributed by atoms with E-state index in [-0.39, 0.29) is 35.8 Å². The normalized spacial score (nSPS) is 21.4. The number of piperidine rings is 1. The van der Waals surface area contributed by atoms with Crippen LogP contribution < -0.4 is 10.6 Å². The van der Waals surface area contributed by atoms with Crippen LogP contribution in [0.4, 0.5) is 8.78 Å². The van der Waals surface area contributed by atoms with Crippen molar-refractivity contribution < 1.29 is 23.1 Å². The third-order valence-electron chi connectivity index (χ3n) is 6.80. The van der Waals surface area contributed by atoms with Crippen molar-refractivity contribution in [3.8, 4) is 0 Å². The zero-order valence-electron chi connectivity index (χ0n) is 20.0. The minimum Gasteiger partial charge on any atom is -0.381 e. The van der Waals surface area contributed by atoms with Gasteiger partial charge in [0.15, 0.2) is 5.67 Å². The van der Waals surface area contributed by atoms with Crippen molar-refractivity contribution in [1.29, 1.82) is 0 Å². The second-order valence-corrected chi connectivity index (χ2v) is 9.07. The van der Waals surface area contributed by atoms with E-state index >= 15 is 4.39 Å². The molecule has 0 spiro atoms. The SMILES string of the molecule is C=C(/C=C(/c1cccc(C(F)(CC)CF)c1)N(C)C1CCOCC1)NC(=O)C1CCC(=O)NC1. The Morgan fingerprint density at radius 1 is 1.35 bits per heavy atom. The number of ether oxygens (including phenoxy) is 1. The average molecular weight is 476 g/mol. The molecule has 0 bridgehead atoms. The van der Waals surface area contributed by atoms with Crippen molar-refractivity contribution in [2.24, 2.45) is 5.92 Å². The molecule has 3 rings (SSSR count). The fourth-order valence-corrected chi connectivity index (χ4v) is 4.41. The van der Waals surface area contributed by atoms with E-state index in [0.29, 0.717) is 38.3 Å². The highest BCUT2D eigenvalue weighted by Gasteiger charge is 2.31. The first-order chi connectivity index (χ1) is 16.3. The van der Waals surface area contributed by atoms with E-state index in [4.69, 9.17) is 4.74 Å². The lowest BCUT2D eigenvalue weighted by atomic mass is 9.92. The van der Waals surface area contributed by atoms with Crippen molar-refractivity contribution in [3.05, 3.63) is 53.7 Å². The van der Waals surface area contributed by atoms with Crippen LogP contribution in [0.25, 0.3) is 5.70 Å². The Morgan fingerprint density at radius 3 is 2.71 bits per heavy atom. The zero-order chi connectivity index (χ0) is 24.7. The summed E-state index contributed by atoms with van der Waals surface area (Å²) in [6, 6.07) is 7.05. The highest BCUT2D eigenvalue weighted by atomic mass is 19.2. The van der Waals surface area contributed by atoms with Gasteiger partial charge < -0.3 is 20.3 Å². The topological polar surface area (TPSA) is 70.7 Å². The number of carbonyl (C=O) groups excluding carboxylic acids is 2. The molecule has 2 aliphatic heterocycles. The molecule has 0 radical (unpaired) electrons. The van der Waals surface area contributed by atoms with Gasteiger partial charge in [-0.1, -0.05) is 31.7 Å². The van der Waals surface area contributed by atoms with E-state index in [1.54, 1.807) is 31.2 Å². The molecule has 0 aliphatic carbocycles. The number of rotatable bonds is 9. The number of carbonyl (C=O) groups is 2. The van der Waals surface area contributed by atoms with E-state index < -0.39 is 12.3 Å². The van der Waals surface area contributed by atoms with Crippen LogP contribution in [0, 0.1) is 5.92 Å². The van der Waals surface area contributed by atoms with E-state index in [0.717, 1.165) is 24.1 Å². The predicted molar refractivity (Wildman–Crippen MR) is 128 cm³/mol. The molecule has 2 unspecified atom stereocenters. The molecule has 8 heteroatoms. The summed E-state index contributed by atoms with van der Waals surface area (Å²) in [5.74, 6) is -0.564. The van der Waals surface area contributed by atoms with Gasteiger partial charge in [0, 0.05) is 50.7 Å². The molecule has 2 aliphatic rings. The van der Waals surface area contributed by atoms with Crippen LogP contribution in [-0.2, 0) is 20.0 Å². The largest absolute Gasteiger partial charge is 0.381 e. The lowest BCUT2D eigenvalue weighted by Gasteiger charge is -2.35. The molecular formula is C26H35F2N3O3. The fourth-order valence-electron chi connectivity index (χ4n) is 4.41. The van der Waals surface area contributed by atoms with Crippen molar-refractivity contribution in [1.82, 2.24) is 15.5 Å². The molecule has 2 heterocycles. The maximum absolute atomic E-state index is 15.1. The Hall–Kier alpha value is -2.74. The molecule has 2 amide bonds. The van der Waals surface area contributed by atoms with Gasteiger partial charge in [-0.2, -0.15) is 0 Å². The van der Waals surface area contributed by atoms with E-state index in [1.165, 1.54) is 0 Å². The van der Waals surface area contributed by atoms with Crippen LogP contribution in [-0.4, -0.2) is 56.2 Å². The van der Waals surface area contributed by atoms with Crippen molar-refractivity contribution in [2.45, 2.75) is 50.7 Å². The zero-order valence-corrected chi connectivity index (χ0v) is 20.0. The van der Waals surface area contributed by atoms with E-state index in [2.05, 4.69) is 22.1 Å². The standard InChI is InChI=1S/C26H35F2N3O3/c1-4-26(28,17-27)21-7-5-6-19(15-21)23(31(3)22-10-12-34-13-11-22)14-18(2)30-25(33)20-8-9-24(32)29-16-20/h5-7,14-15,20,22H,2,4,8-13,16-17H2,1,3H3,(H,29,32)(H,30,33)/b23-14-. The average Bonchev–Trinajstić information content (AvgIpc) is 2.87. The summed E-state index contributed by atoms with van der Waals surface area (Å²) in [5, 5.41) is 5.56. The molecule has 2 atom stereocenters. The Morgan fingerprint density at radius 2 is 2.09 bits per heavy atom. The molecule has 6 nitrogen and oxygen atoms in total. The first-order valence-electron chi connectivity index (χ1n) is 11.9. The molecule has 34 heavy (non-hydrogen) atoms. The van der Waals surface area contributed by atoms with Crippen LogP contribution in [0.2, 0.25) is 0 Å². The molecule has 2 N–H and O–H groups in total. The summed E-state index contributed by atoms with van der Waals surface area (Å²) in [4.78, 5) is 26.2. The number of halogens is 2. The summed E-state index contributed by atoms with van der Waals surface area (Å²) >= 11 is 0. The maximum Gasteiger partial charge on any atom is 0.229 e. The summed E-state index contributed by atoms with van der Waals surface area (Å²) in [6.45, 7) is 6.16. The molecule has 2 saturated heterocycles. The number of hydrogen-bond acceptors (Lipinski definition) is 4. The summed E-state index contributed by atoms with van der Waals surface area (Å²) in [6.07, 6.45) is 4.28. The van der Waals surface area contributed by atoms with Crippen LogP contribution in [0.15, 0.2) is 42.6 Å². The van der Waals surface area contributed by atoms with Gasteiger partial charge in [-0.15, -0.1) is 0 Å². The van der Waals surface area contributed by atoms with Crippen LogP contribution in [0.5, 0.6) is 0 Å². The highest BCUT2D eigenvalue weighted by Crippen LogP contribution is 2.33. The van der Waals surface area contributed by atoms with Gasteiger partial charge in [-0.25, -0.2) is 8.78 Å². The number of hydrogen-bond donors (Lipinski definition) is 2. The minimum atomic E-state index is -2.05. The van der Waals surface area contributed by atoms with Gasteiger partial charge in [0.25, 0.3) is 0 Å². The number of amides is 2. The number of nitrogens with one attached hydrogen (secondary N) is 2. The van der Waals surface area contributed by atoms with Gasteiger partial charge in [0.2, 0.25) is 11.8 Å². The molecule has 0 aromatic heterocycles. The van der Waals surface area contributed by atoms with Gasteiger partial charge in [0.05, 0.1) is 5.92 Å². The van der Waals surface area contributed by atoms with Gasteiger partial charge >= 0.3 is 0 Å². The Kier molecular flexibility index (Phi) is 8.83. The number of allylic oxidation sites excluding steroid dienone is 1. The van der Waals surface area contributed by atoms with Crippen LogP contribution in [0.3, 0.4) is 0 Å². The third kappa shape index (κ3) is 6.23. The Bertz CT molecular complexity index is 914. The third-order valence-corrected chi connectivity index (χ3v) is 6.80. The molecular weight excluding hydrogens is 440 g/mol. The second-order valence-electron chi connectivity index (χ2n) is 9.07. The quantitative estimate of drug-likeness (QED) is 0.533. The molecule has 186 valence electrons. The minimum absolute atomic E-state index is 0.0303. The highest BCUT2D eigenvalue weighted by molar-refractivity contribution is 5.85. The summed E-state index contributed by atoms with van der Waals surface area (Å²) < 4.78 is 34.2. The second kappa shape index (κ2) is 11.6. The molecule has 1 aromatic carbocycles. The first-order valence-corrected chi connectivity index (χ1v) is 11.9. The molecule has 2 fully saturated rings. The van der Waals surface area contributed by atoms with Crippen LogP contribution >= 0.6 is 0 Å². The number of alkyl halides is 2. The Labute approximate surface area is 200 Å². The smallest absolute Gasteiger partial charge is 0.229 e. The van der Waals surface area contributed by atoms with E-state index in [9.17, 15) is 14.0 Å². The fraction of sp³-hybridized carbons (Fsp3) is 0.538. The Balaban J connectivity index is 1.88. The van der Waals surface area contributed by atoms with Crippen LogP contribution in [0.1, 0.15) is 50.2 Å². The van der Waals surface area contributed by atoms with Gasteiger partial charge in [-0.05, 0) is 49.0 Å². The van der Waals surface area contributed by atoms with E-state index in [1.807, 2.05) is 13.1 Å². The number of nitrogens with zero attached hydrogens (tertiary/aromatic N) is 1. The first kappa shape index (κ1) is 25.9. The van der Waals surface area contributed by atoms with Gasteiger partial charge in [0.1, 0.15) is 6.67 Å². The number of benzene rings is 1. The lowest BCUT2D eigenvalue weighted by molar-refractivity contribution is -0.128. The van der Waals surface area contributed by atoms with Crippen molar-refractivity contribution in [3.63, 3.8) is 0 Å².